The van der Waals surface area contributed by atoms with Gasteiger partial charge in [0.2, 0.25) is 0 Å². The smallest absolute Gasteiger partial charge is 0.119 e. The molecule has 0 aliphatic heterocycles. The van der Waals surface area contributed by atoms with Crippen LogP contribution in [0.25, 0.3) is 21.8 Å². The Kier molecular flexibility index (Phi) is 2.73. The molecule has 0 atom stereocenters. The summed E-state index contributed by atoms with van der Waals surface area (Å²) in [6.07, 6.45) is 0. The van der Waals surface area contributed by atoms with Crippen LogP contribution in [0.15, 0.2) is 30.3 Å². The normalized spacial score (nSPS) is 11.3. The fraction of sp³-hybridized carbons (Fsp3) is 0.200. The van der Waals surface area contributed by atoms with Crippen LogP contribution in [0.3, 0.4) is 0 Å². The lowest BCUT2D eigenvalue weighted by atomic mass is 10.1. The monoisotopic (exact) mass is 351 g/mol. The maximum Gasteiger partial charge on any atom is 0.119 e. The predicted molar refractivity (Wildman–Crippen MR) is 84.4 cm³/mol. The molecule has 0 bridgehead atoms. The summed E-state index contributed by atoms with van der Waals surface area (Å²) >= 11 is 2.39. The first kappa shape index (κ1) is 11.8. The van der Waals surface area contributed by atoms with E-state index in [0.29, 0.717) is 0 Å². The molecule has 0 aliphatic carbocycles. The van der Waals surface area contributed by atoms with Crippen molar-refractivity contribution >= 4 is 44.4 Å². The molecular formula is C15H14INO. The Hall–Kier alpha value is -1.23. The van der Waals surface area contributed by atoms with Crippen LogP contribution in [0.1, 0.15) is 5.56 Å². The predicted octanol–water partition coefficient (Wildman–Crippen LogP) is 4.25. The lowest BCUT2D eigenvalue weighted by Gasteiger charge is -2.01. The summed E-state index contributed by atoms with van der Waals surface area (Å²) in [6.45, 7) is 2.15. The van der Waals surface area contributed by atoms with Gasteiger partial charge in [0, 0.05) is 32.4 Å². The summed E-state index contributed by atoms with van der Waals surface area (Å²) in [7, 11) is 3.82. The van der Waals surface area contributed by atoms with Gasteiger partial charge in [0.15, 0.2) is 0 Å². The van der Waals surface area contributed by atoms with Crippen molar-refractivity contribution < 1.29 is 4.74 Å². The van der Waals surface area contributed by atoms with Gasteiger partial charge in [-0.1, -0.05) is 0 Å². The number of fused-ring (bicyclic) bond motifs is 3. The summed E-state index contributed by atoms with van der Waals surface area (Å²) in [4.78, 5) is 0. The van der Waals surface area contributed by atoms with Gasteiger partial charge >= 0.3 is 0 Å². The van der Waals surface area contributed by atoms with Gasteiger partial charge in [0.05, 0.1) is 7.11 Å². The Morgan fingerprint density at radius 2 is 1.78 bits per heavy atom. The van der Waals surface area contributed by atoms with Crippen LogP contribution in [-0.2, 0) is 7.05 Å². The number of hydrogen-bond donors (Lipinski definition) is 0. The summed E-state index contributed by atoms with van der Waals surface area (Å²) < 4.78 is 8.87. The highest BCUT2D eigenvalue weighted by Crippen LogP contribution is 2.32. The van der Waals surface area contributed by atoms with E-state index in [0.717, 1.165) is 5.75 Å². The van der Waals surface area contributed by atoms with Crippen molar-refractivity contribution in [2.45, 2.75) is 6.92 Å². The first-order valence-corrected chi connectivity index (χ1v) is 6.92. The van der Waals surface area contributed by atoms with Crippen molar-refractivity contribution in [3.63, 3.8) is 0 Å². The number of aryl methyl sites for hydroxylation is 2. The van der Waals surface area contributed by atoms with Crippen LogP contribution in [-0.4, -0.2) is 11.7 Å². The molecule has 2 nitrogen and oxygen atoms in total. The van der Waals surface area contributed by atoms with Gasteiger partial charge in [-0.15, -0.1) is 0 Å². The SMILES string of the molecule is COc1ccc2c(c1)c1cc(I)c(C)cc1n2C. The number of halogens is 1. The molecule has 0 unspecified atom stereocenters. The maximum atomic E-state index is 5.32. The Bertz CT molecular complexity index is 758. The highest BCUT2D eigenvalue weighted by molar-refractivity contribution is 14.1. The van der Waals surface area contributed by atoms with Gasteiger partial charge in [0.25, 0.3) is 0 Å². The Morgan fingerprint density at radius 3 is 2.50 bits per heavy atom. The topological polar surface area (TPSA) is 14.2 Å². The minimum atomic E-state index is 0.908. The molecule has 0 fully saturated rings. The van der Waals surface area contributed by atoms with E-state index in [9.17, 15) is 0 Å². The average molecular weight is 351 g/mol. The third-order valence-corrected chi connectivity index (χ3v) is 4.66. The van der Waals surface area contributed by atoms with Gasteiger partial charge in [-0.3, -0.25) is 0 Å². The molecule has 3 heteroatoms. The molecule has 0 aliphatic rings. The second-order valence-electron chi connectivity index (χ2n) is 4.56. The van der Waals surface area contributed by atoms with Crippen LogP contribution in [0.4, 0.5) is 0 Å². The van der Waals surface area contributed by atoms with Gasteiger partial charge in [-0.25, -0.2) is 0 Å². The number of hydrogen-bond acceptors (Lipinski definition) is 1. The van der Waals surface area contributed by atoms with E-state index in [1.54, 1.807) is 7.11 Å². The van der Waals surface area contributed by atoms with E-state index in [1.807, 2.05) is 6.07 Å². The third kappa shape index (κ3) is 1.61. The molecule has 3 rings (SSSR count). The molecule has 0 spiro atoms. The van der Waals surface area contributed by atoms with Crippen molar-refractivity contribution in [1.82, 2.24) is 4.57 Å². The summed E-state index contributed by atoms with van der Waals surface area (Å²) in [5.74, 6) is 0.908. The number of aromatic nitrogens is 1. The van der Waals surface area contributed by atoms with Crippen molar-refractivity contribution in [2.75, 3.05) is 7.11 Å². The van der Waals surface area contributed by atoms with E-state index < -0.39 is 0 Å². The first-order chi connectivity index (χ1) is 8.61. The van der Waals surface area contributed by atoms with Crippen molar-refractivity contribution in [3.8, 4) is 5.75 Å². The van der Waals surface area contributed by atoms with Crippen LogP contribution >= 0.6 is 22.6 Å². The van der Waals surface area contributed by atoms with Crippen LogP contribution in [0.5, 0.6) is 5.75 Å². The Labute approximate surface area is 120 Å². The fourth-order valence-electron chi connectivity index (χ4n) is 2.44. The molecule has 0 saturated carbocycles. The lowest BCUT2D eigenvalue weighted by Crippen LogP contribution is -1.88. The van der Waals surface area contributed by atoms with Crippen molar-refractivity contribution in [1.29, 1.82) is 0 Å². The van der Waals surface area contributed by atoms with Gasteiger partial charge in [0.1, 0.15) is 5.75 Å². The third-order valence-electron chi connectivity index (χ3n) is 3.49. The summed E-state index contributed by atoms with van der Waals surface area (Å²) in [5.41, 5.74) is 3.84. The molecule has 3 aromatic rings. The molecule has 1 aromatic heterocycles. The quantitative estimate of drug-likeness (QED) is 0.598. The average Bonchev–Trinajstić information content (AvgIpc) is 2.64. The molecular weight excluding hydrogens is 337 g/mol. The second-order valence-corrected chi connectivity index (χ2v) is 5.72. The van der Waals surface area contributed by atoms with E-state index in [2.05, 4.69) is 65.4 Å². The van der Waals surface area contributed by atoms with Crippen LogP contribution in [0, 0.1) is 10.5 Å². The molecule has 0 saturated heterocycles. The maximum absolute atomic E-state index is 5.32. The highest BCUT2D eigenvalue weighted by atomic mass is 127. The summed E-state index contributed by atoms with van der Waals surface area (Å²) in [6, 6.07) is 10.8. The number of benzene rings is 2. The molecule has 0 radical (unpaired) electrons. The van der Waals surface area contributed by atoms with Gasteiger partial charge in [-0.05, 0) is 65.4 Å². The summed E-state index contributed by atoms with van der Waals surface area (Å²) in [5, 5.41) is 2.55. The van der Waals surface area contributed by atoms with E-state index in [-0.39, 0.29) is 0 Å². The van der Waals surface area contributed by atoms with E-state index >= 15 is 0 Å². The number of nitrogens with zero attached hydrogens (tertiary/aromatic N) is 1. The van der Waals surface area contributed by atoms with Crippen molar-refractivity contribution in [2.24, 2.45) is 7.05 Å². The second kappa shape index (κ2) is 4.16. The molecule has 0 amide bonds. The van der Waals surface area contributed by atoms with Gasteiger partial charge in [-0.2, -0.15) is 0 Å². The highest BCUT2D eigenvalue weighted by Gasteiger charge is 2.10. The lowest BCUT2D eigenvalue weighted by molar-refractivity contribution is 0.415. The van der Waals surface area contributed by atoms with Crippen LogP contribution < -0.4 is 4.74 Å². The zero-order chi connectivity index (χ0) is 12.9. The molecule has 92 valence electrons. The molecule has 1 heterocycles. The van der Waals surface area contributed by atoms with E-state index in [1.165, 1.54) is 30.9 Å². The zero-order valence-corrected chi connectivity index (χ0v) is 12.8. The largest absolute Gasteiger partial charge is 0.497 e. The van der Waals surface area contributed by atoms with Crippen molar-refractivity contribution in [3.05, 3.63) is 39.5 Å². The standard InChI is InChI=1S/C15H14INO/c1-9-6-15-12(8-13(9)16)11-7-10(18-3)4-5-14(11)17(15)2/h4-8H,1-3H3. The van der Waals surface area contributed by atoms with Crippen LogP contribution in [0.2, 0.25) is 0 Å². The molecule has 18 heavy (non-hydrogen) atoms. The number of methoxy groups -OCH3 is 1. The fourth-order valence-corrected chi connectivity index (χ4v) is 2.91. The number of ether oxygens (including phenoxy) is 1. The zero-order valence-electron chi connectivity index (χ0n) is 10.6. The Balaban J connectivity index is 2.51. The Morgan fingerprint density at radius 1 is 1.06 bits per heavy atom. The van der Waals surface area contributed by atoms with Gasteiger partial charge < -0.3 is 9.30 Å². The molecule has 2 aromatic carbocycles. The first-order valence-electron chi connectivity index (χ1n) is 5.84. The molecule has 0 N–H and O–H groups in total. The van der Waals surface area contributed by atoms with E-state index in [4.69, 9.17) is 4.74 Å². The minimum absolute atomic E-state index is 0.908. The minimum Gasteiger partial charge on any atom is -0.497 e. The number of rotatable bonds is 1.